The van der Waals surface area contributed by atoms with Gasteiger partial charge in [-0.15, -0.1) is 0 Å². The normalized spacial score (nSPS) is 20.0. The Morgan fingerprint density at radius 2 is 2.56 bits per heavy atom. The van der Waals surface area contributed by atoms with Gasteiger partial charge in [0.1, 0.15) is 5.82 Å². The molecule has 0 radical (unpaired) electrons. The van der Waals surface area contributed by atoms with Crippen molar-refractivity contribution in [3.05, 3.63) is 10.7 Å². The molecule has 1 aromatic heterocycles. The molecule has 16 heavy (non-hydrogen) atoms. The molecule has 1 saturated heterocycles. The first kappa shape index (κ1) is 12.1. The fourth-order valence-corrected chi connectivity index (χ4v) is 2.26. The molecule has 1 unspecified atom stereocenters. The zero-order valence-corrected chi connectivity index (χ0v) is 11.5. The van der Waals surface area contributed by atoms with Crippen LogP contribution >= 0.6 is 27.7 Å². The number of anilines is 1. The highest BCUT2D eigenvalue weighted by molar-refractivity contribution is 9.10. The zero-order chi connectivity index (χ0) is 11.4. The van der Waals surface area contributed by atoms with E-state index in [4.69, 9.17) is 4.74 Å². The molecule has 1 aromatic rings. The van der Waals surface area contributed by atoms with Crippen LogP contribution < -0.4 is 5.32 Å². The monoisotopic (exact) mass is 303 g/mol. The fourth-order valence-electron chi connectivity index (χ4n) is 1.59. The molecule has 2 rings (SSSR count). The van der Waals surface area contributed by atoms with Crippen molar-refractivity contribution in [3.8, 4) is 0 Å². The standard InChI is InChI=1S/C10H14BrN3OS/c1-16-10-13-6-8(11)9(14-10)12-5-7-3-2-4-15-7/h6-7H,2-5H2,1H3,(H,12,13,14). The van der Waals surface area contributed by atoms with E-state index in [9.17, 15) is 0 Å². The van der Waals surface area contributed by atoms with Gasteiger partial charge in [0.2, 0.25) is 0 Å². The van der Waals surface area contributed by atoms with Gasteiger partial charge in [-0.3, -0.25) is 0 Å². The molecule has 4 nitrogen and oxygen atoms in total. The summed E-state index contributed by atoms with van der Waals surface area (Å²) in [5, 5.41) is 4.07. The van der Waals surface area contributed by atoms with Gasteiger partial charge in [0.05, 0.1) is 10.6 Å². The molecule has 1 N–H and O–H groups in total. The maximum absolute atomic E-state index is 5.54. The lowest BCUT2D eigenvalue weighted by molar-refractivity contribution is 0.120. The molecule has 88 valence electrons. The third-order valence-corrected chi connectivity index (χ3v) is 3.57. The van der Waals surface area contributed by atoms with Gasteiger partial charge in [0.15, 0.2) is 5.16 Å². The van der Waals surface area contributed by atoms with E-state index in [0.717, 1.165) is 41.4 Å². The summed E-state index contributed by atoms with van der Waals surface area (Å²) in [6.07, 6.45) is 6.35. The molecule has 1 aliphatic heterocycles. The van der Waals surface area contributed by atoms with Gasteiger partial charge in [-0.25, -0.2) is 9.97 Å². The number of ether oxygens (including phenoxy) is 1. The van der Waals surface area contributed by atoms with Crippen molar-refractivity contribution < 1.29 is 4.74 Å². The van der Waals surface area contributed by atoms with Gasteiger partial charge < -0.3 is 10.1 Å². The van der Waals surface area contributed by atoms with Crippen molar-refractivity contribution in [3.63, 3.8) is 0 Å². The van der Waals surface area contributed by atoms with Gasteiger partial charge in [-0.1, -0.05) is 11.8 Å². The lowest BCUT2D eigenvalue weighted by Gasteiger charge is -2.12. The van der Waals surface area contributed by atoms with Crippen LogP contribution in [-0.4, -0.2) is 35.5 Å². The summed E-state index contributed by atoms with van der Waals surface area (Å²) in [5.74, 6) is 0.842. The maximum Gasteiger partial charge on any atom is 0.189 e. The molecular formula is C10H14BrN3OS. The highest BCUT2D eigenvalue weighted by atomic mass is 79.9. The summed E-state index contributed by atoms with van der Waals surface area (Å²) < 4.78 is 6.44. The van der Waals surface area contributed by atoms with E-state index in [-0.39, 0.29) is 0 Å². The Bertz CT molecular complexity index is 358. The maximum atomic E-state index is 5.54. The van der Waals surface area contributed by atoms with Crippen LogP contribution in [-0.2, 0) is 4.74 Å². The van der Waals surface area contributed by atoms with E-state index in [2.05, 4.69) is 31.2 Å². The van der Waals surface area contributed by atoms with Crippen LogP contribution in [0.3, 0.4) is 0 Å². The smallest absolute Gasteiger partial charge is 0.189 e. The predicted octanol–water partition coefficient (Wildman–Crippen LogP) is 2.55. The zero-order valence-electron chi connectivity index (χ0n) is 9.07. The van der Waals surface area contributed by atoms with Crippen LogP contribution in [0.5, 0.6) is 0 Å². The second-order valence-electron chi connectivity index (χ2n) is 3.57. The van der Waals surface area contributed by atoms with Crippen LogP contribution in [0.15, 0.2) is 15.8 Å². The third-order valence-electron chi connectivity index (χ3n) is 2.43. The number of halogens is 1. The fraction of sp³-hybridized carbons (Fsp3) is 0.600. The first-order valence-electron chi connectivity index (χ1n) is 5.21. The van der Waals surface area contributed by atoms with Crippen molar-refractivity contribution in [2.24, 2.45) is 0 Å². The van der Waals surface area contributed by atoms with Gasteiger partial charge >= 0.3 is 0 Å². The molecule has 0 aliphatic carbocycles. The lowest BCUT2D eigenvalue weighted by Crippen LogP contribution is -2.19. The predicted molar refractivity (Wildman–Crippen MR) is 69.0 cm³/mol. The summed E-state index contributed by atoms with van der Waals surface area (Å²) in [6.45, 7) is 1.69. The number of thioether (sulfide) groups is 1. The Balaban J connectivity index is 1.96. The largest absolute Gasteiger partial charge is 0.376 e. The second kappa shape index (κ2) is 5.84. The minimum atomic E-state index is 0.319. The summed E-state index contributed by atoms with van der Waals surface area (Å²) >= 11 is 4.97. The molecule has 0 saturated carbocycles. The quantitative estimate of drug-likeness (QED) is 0.684. The van der Waals surface area contributed by atoms with Gasteiger partial charge in [-0.2, -0.15) is 0 Å². The summed E-state index contributed by atoms with van der Waals surface area (Å²) in [7, 11) is 0. The van der Waals surface area contributed by atoms with Crippen LogP contribution in [0.4, 0.5) is 5.82 Å². The Morgan fingerprint density at radius 3 is 3.25 bits per heavy atom. The third kappa shape index (κ3) is 3.09. The summed E-state index contributed by atoms with van der Waals surface area (Å²) in [6, 6.07) is 0. The number of nitrogens with zero attached hydrogens (tertiary/aromatic N) is 2. The second-order valence-corrected chi connectivity index (χ2v) is 5.20. The highest BCUT2D eigenvalue weighted by Gasteiger charge is 2.15. The van der Waals surface area contributed by atoms with E-state index < -0.39 is 0 Å². The molecule has 0 amide bonds. The highest BCUT2D eigenvalue weighted by Crippen LogP contribution is 2.22. The first-order valence-corrected chi connectivity index (χ1v) is 7.23. The van der Waals surface area contributed by atoms with Crippen LogP contribution in [0.2, 0.25) is 0 Å². The van der Waals surface area contributed by atoms with Crippen molar-refractivity contribution in [1.29, 1.82) is 0 Å². The van der Waals surface area contributed by atoms with Gasteiger partial charge in [0, 0.05) is 19.3 Å². The number of hydrogen-bond donors (Lipinski definition) is 1. The van der Waals surface area contributed by atoms with Crippen molar-refractivity contribution in [2.45, 2.75) is 24.1 Å². The van der Waals surface area contributed by atoms with Crippen molar-refractivity contribution in [2.75, 3.05) is 24.7 Å². The average Bonchev–Trinajstić information content (AvgIpc) is 2.81. The lowest BCUT2D eigenvalue weighted by atomic mass is 10.2. The molecule has 1 aliphatic rings. The molecule has 2 heterocycles. The van der Waals surface area contributed by atoms with Crippen molar-refractivity contribution in [1.82, 2.24) is 9.97 Å². The topological polar surface area (TPSA) is 47.0 Å². The molecule has 0 spiro atoms. The Kier molecular flexibility index (Phi) is 4.43. The number of rotatable bonds is 4. The number of aromatic nitrogens is 2. The molecular weight excluding hydrogens is 290 g/mol. The number of nitrogens with one attached hydrogen (secondary N) is 1. The van der Waals surface area contributed by atoms with E-state index >= 15 is 0 Å². The first-order chi connectivity index (χ1) is 7.79. The summed E-state index contributed by atoms with van der Waals surface area (Å²) in [5.41, 5.74) is 0. The Hall–Kier alpha value is -0.330. The van der Waals surface area contributed by atoms with Crippen LogP contribution in [0, 0.1) is 0 Å². The van der Waals surface area contributed by atoms with Crippen molar-refractivity contribution >= 4 is 33.5 Å². The van der Waals surface area contributed by atoms with E-state index in [0.29, 0.717) is 6.10 Å². The minimum Gasteiger partial charge on any atom is -0.376 e. The molecule has 0 bridgehead atoms. The van der Waals surface area contributed by atoms with E-state index in [1.807, 2.05) is 6.26 Å². The molecule has 0 aromatic carbocycles. The SMILES string of the molecule is CSc1ncc(Br)c(NCC2CCCO2)n1. The summed E-state index contributed by atoms with van der Waals surface area (Å²) in [4.78, 5) is 8.56. The van der Waals surface area contributed by atoms with Crippen LogP contribution in [0.1, 0.15) is 12.8 Å². The molecule has 1 fully saturated rings. The Morgan fingerprint density at radius 1 is 1.69 bits per heavy atom. The van der Waals surface area contributed by atoms with Gasteiger partial charge in [0.25, 0.3) is 0 Å². The van der Waals surface area contributed by atoms with Gasteiger partial charge in [-0.05, 0) is 35.0 Å². The van der Waals surface area contributed by atoms with Crippen LogP contribution in [0.25, 0.3) is 0 Å². The Labute approximate surface area is 108 Å². The molecule has 1 atom stereocenters. The average molecular weight is 304 g/mol. The minimum absolute atomic E-state index is 0.319. The number of hydrogen-bond acceptors (Lipinski definition) is 5. The van der Waals surface area contributed by atoms with E-state index in [1.54, 1.807) is 6.20 Å². The molecule has 6 heteroatoms. The van der Waals surface area contributed by atoms with E-state index in [1.165, 1.54) is 11.8 Å².